The van der Waals surface area contributed by atoms with Crippen molar-refractivity contribution < 1.29 is 30.2 Å². The number of nitrogens with zero attached hydrogens (tertiary/aromatic N) is 4. The summed E-state index contributed by atoms with van der Waals surface area (Å²) < 4.78 is 14.9. The number of fused-ring (bicyclic) bond motifs is 6. The Morgan fingerprint density at radius 1 is 0.635 bits per heavy atom. The molecule has 0 bridgehead atoms. The summed E-state index contributed by atoms with van der Waals surface area (Å²) in [5.74, 6) is 1.92. The summed E-state index contributed by atoms with van der Waals surface area (Å²) in [5.41, 5.74) is 8.92. The van der Waals surface area contributed by atoms with Crippen LogP contribution in [-0.2, 0) is 21.1 Å². The quantitative estimate of drug-likeness (QED) is 0.156. The second kappa shape index (κ2) is 12.9. The van der Waals surface area contributed by atoms with Gasteiger partial charge in [0, 0.05) is 66.8 Å². The van der Waals surface area contributed by atoms with Crippen LogP contribution in [0.3, 0.4) is 0 Å². The zero-order chi connectivity index (χ0) is 33.9. The van der Waals surface area contributed by atoms with Crippen LogP contribution in [0.4, 0.5) is 5.69 Å². The van der Waals surface area contributed by atoms with E-state index in [9.17, 15) is 0 Å². The number of benzene rings is 6. The maximum Gasteiger partial charge on any atom is 0.140 e. The molecule has 9 aromatic rings. The van der Waals surface area contributed by atoms with Crippen molar-refractivity contribution in [3.63, 3.8) is 0 Å². The summed E-state index contributed by atoms with van der Waals surface area (Å²) in [6.45, 7) is 2.05. The van der Waals surface area contributed by atoms with Gasteiger partial charge in [0.05, 0.1) is 0 Å². The van der Waals surface area contributed by atoms with E-state index in [-0.39, 0.29) is 21.1 Å². The molecule has 0 N–H and O–H groups in total. The molecule has 0 saturated carbocycles. The van der Waals surface area contributed by atoms with E-state index in [1.807, 2.05) is 80.6 Å². The van der Waals surface area contributed by atoms with Crippen LogP contribution in [0.25, 0.3) is 66.4 Å². The number of aromatic nitrogens is 2. The van der Waals surface area contributed by atoms with E-state index in [1.54, 1.807) is 0 Å². The zero-order valence-corrected chi connectivity index (χ0v) is 30.2. The fraction of sp³-hybridized carbons (Fsp3) is 0.0222. The van der Waals surface area contributed by atoms with Crippen LogP contribution in [0.1, 0.15) is 5.56 Å². The number of pyridine rings is 1. The van der Waals surface area contributed by atoms with Crippen molar-refractivity contribution in [3.8, 4) is 28.4 Å². The number of hydrogen-bond acceptors (Lipinski definition) is 5. The van der Waals surface area contributed by atoms with Gasteiger partial charge in [-0.3, -0.25) is 0 Å². The molecule has 1 aliphatic rings. The maximum absolute atomic E-state index is 6.48. The summed E-state index contributed by atoms with van der Waals surface area (Å²) in [4.78, 5) is 9.14. The molecule has 3 aromatic heterocycles. The molecule has 0 spiro atoms. The molecule has 10 rings (SSSR count). The standard InChI is InChI=1S/C45H29N4O2.Pt/c1-47-29-48(28-42(47)31-13-6-3-7-14-31)33-15-10-16-34(24-33)50-35-20-21-36-38-23-32(30-11-4-2-5-12-30)19-22-40(38)49(41(36)25-35)45-26-44-39(27-46-45)37-17-8-9-18-43(37)51-44;/h2-23,26-29H,1H3;/q-3;. The van der Waals surface area contributed by atoms with Gasteiger partial charge in [0.15, 0.2) is 0 Å². The van der Waals surface area contributed by atoms with Crippen LogP contribution in [-0.4, -0.2) is 21.5 Å². The van der Waals surface area contributed by atoms with E-state index in [2.05, 4.69) is 112 Å². The van der Waals surface area contributed by atoms with Gasteiger partial charge in [-0.2, -0.15) is 18.8 Å². The van der Waals surface area contributed by atoms with Crippen LogP contribution in [0, 0.1) is 18.8 Å². The van der Waals surface area contributed by atoms with Crippen LogP contribution in [0.15, 0.2) is 156 Å². The first-order chi connectivity index (χ1) is 25.2. The summed E-state index contributed by atoms with van der Waals surface area (Å²) in [5, 5.41) is 4.18. The van der Waals surface area contributed by atoms with Crippen LogP contribution in [0.5, 0.6) is 11.5 Å². The minimum Gasteiger partial charge on any atom is -0.509 e. The topological polar surface area (TPSA) is 46.7 Å². The largest absolute Gasteiger partial charge is 0.509 e. The first kappa shape index (κ1) is 31.8. The van der Waals surface area contributed by atoms with Gasteiger partial charge in [-0.05, 0) is 47.5 Å². The van der Waals surface area contributed by atoms with Gasteiger partial charge < -0.3 is 23.5 Å². The molecule has 0 aliphatic carbocycles. The van der Waals surface area contributed by atoms with Gasteiger partial charge in [-0.1, -0.05) is 96.5 Å². The second-order valence-corrected chi connectivity index (χ2v) is 12.7. The average Bonchev–Trinajstić information content (AvgIpc) is 3.86. The Balaban J connectivity index is 0.00000360. The van der Waals surface area contributed by atoms with E-state index in [1.165, 1.54) is 0 Å². The van der Waals surface area contributed by atoms with Crippen molar-refractivity contribution in [2.45, 2.75) is 0 Å². The molecule has 52 heavy (non-hydrogen) atoms. The number of ether oxygens (including phenoxy) is 1. The Morgan fingerprint density at radius 3 is 2.25 bits per heavy atom. The van der Waals surface area contributed by atoms with E-state index >= 15 is 0 Å². The molecule has 1 aliphatic heterocycles. The minimum atomic E-state index is 0. The first-order valence-electron chi connectivity index (χ1n) is 16.8. The molecule has 6 aromatic carbocycles. The van der Waals surface area contributed by atoms with E-state index < -0.39 is 0 Å². The predicted octanol–water partition coefficient (Wildman–Crippen LogP) is 11.0. The SMILES string of the molecule is CN1[CH-]N(c2[c-]c(Oc3[c-]c4c(cc3)c3cc(-c5ccccc5)ccc3n4-c3cc4oc5ccccc5c4cn3)ccc2)C=C1c1ccccc1.[Pt]. The fourth-order valence-corrected chi connectivity index (χ4v) is 7.05. The molecule has 4 heterocycles. The molecule has 0 unspecified atom stereocenters. The third kappa shape index (κ3) is 5.44. The van der Waals surface area contributed by atoms with Crippen LogP contribution >= 0.6 is 0 Å². The zero-order valence-electron chi connectivity index (χ0n) is 27.9. The van der Waals surface area contributed by atoms with E-state index in [0.29, 0.717) is 11.5 Å². The summed E-state index contributed by atoms with van der Waals surface area (Å²) in [6.07, 6.45) is 4.01. The molecule has 7 heteroatoms. The average molecular weight is 853 g/mol. The van der Waals surface area contributed by atoms with Gasteiger partial charge in [-0.15, -0.1) is 41.4 Å². The molecule has 0 radical (unpaired) electrons. The summed E-state index contributed by atoms with van der Waals surface area (Å²) in [6, 6.07) is 54.5. The molecule has 0 amide bonds. The van der Waals surface area contributed by atoms with Gasteiger partial charge >= 0.3 is 0 Å². The first-order valence-corrected chi connectivity index (χ1v) is 16.8. The van der Waals surface area contributed by atoms with Crippen molar-refractivity contribution in [2.24, 2.45) is 0 Å². The maximum atomic E-state index is 6.48. The van der Waals surface area contributed by atoms with E-state index in [4.69, 9.17) is 14.1 Å². The fourth-order valence-electron chi connectivity index (χ4n) is 7.05. The smallest absolute Gasteiger partial charge is 0.140 e. The van der Waals surface area contributed by atoms with Gasteiger partial charge in [0.2, 0.25) is 0 Å². The Bertz CT molecular complexity index is 2790. The third-order valence-electron chi connectivity index (χ3n) is 9.49. The third-order valence-corrected chi connectivity index (χ3v) is 9.49. The molecule has 0 atom stereocenters. The molecule has 0 saturated heterocycles. The number of hydrogen-bond donors (Lipinski definition) is 0. The Hall–Kier alpha value is -6.10. The minimum absolute atomic E-state index is 0. The number of furan rings is 1. The molecular formula is C45H29N4O2Pt-3. The Kier molecular flexibility index (Phi) is 7.90. The Labute approximate surface area is 315 Å². The van der Waals surface area contributed by atoms with Crippen molar-refractivity contribution >= 4 is 55.1 Å². The van der Waals surface area contributed by atoms with Gasteiger partial charge in [-0.25, -0.2) is 4.98 Å². The summed E-state index contributed by atoms with van der Waals surface area (Å²) >= 11 is 0. The number of rotatable bonds is 6. The van der Waals surface area contributed by atoms with Crippen molar-refractivity contribution in [2.75, 3.05) is 11.9 Å². The Morgan fingerprint density at radius 2 is 1.40 bits per heavy atom. The van der Waals surface area contributed by atoms with E-state index in [0.717, 1.165) is 77.6 Å². The molecule has 6 nitrogen and oxygen atoms in total. The van der Waals surface area contributed by atoms with Crippen LogP contribution in [0.2, 0.25) is 0 Å². The number of para-hydroxylation sites is 1. The van der Waals surface area contributed by atoms with Crippen molar-refractivity contribution in [1.29, 1.82) is 0 Å². The van der Waals surface area contributed by atoms with Gasteiger partial charge in [0.25, 0.3) is 0 Å². The molecule has 254 valence electrons. The van der Waals surface area contributed by atoms with Crippen LogP contribution < -0.4 is 9.64 Å². The normalized spacial score (nSPS) is 12.9. The molecule has 0 fully saturated rings. The van der Waals surface area contributed by atoms with Gasteiger partial charge in [0.1, 0.15) is 17.0 Å². The predicted molar refractivity (Wildman–Crippen MR) is 204 cm³/mol. The monoisotopic (exact) mass is 852 g/mol. The van der Waals surface area contributed by atoms with Crippen molar-refractivity contribution in [3.05, 3.63) is 176 Å². The molecular weight excluding hydrogens is 824 g/mol. The summed E-state index contributed by atoms with van der Waals surface area (Å²) in [7, 11) is 2.05. The van der Waals surface area contributed by atoms with Crippen molar-refractivity contribution in [1.82, 2.24) is 14.5 Å². The second-order valence-electron chi connectivity index (χ2n) is 12.7. The number of anilines is 1.